The minimum absolute atomic E-state index is 0.0998. The van der Waals surface area contributed by atoms with E-state index in [4.69, 9.17) is 0 Å². The molecular weight excluding hydrogens is 280 g/mol. The van der Waals surface area contributed by atoms with E-state index in [9.17, 15) is 19.8 Å². The Hall–Kier alpha value is -2.88. The molecule has 0 saturated carbocycles. The van der Waals surface area contributed by atoms with Crippen LogP contribution in [-0.4, -0.2) is 22.2 Å². The summed E-state index contributed by atoms with van der Waals surface area (Å²) in [7, 11) is 0. The maximum atomic E-state index is 11.6. The number of carboxylic acids is 2. The van der Waals surface area contributed by atoms with E-state index in [1.165, 1.54) is 6.07 Å². The van der Waals surface area contributed by atoms with Gasteiger partial charge in [-0.05, 0) is 46.9 Å². The smallest absolute Gasteiger partial charge is 0.336 e. The number of fused-ring (bicyclic) bond motifs is 1. The number of hydrogen-bond donors (Lipinski definition) is 2. The Labute approximate surface area is 128 Å². The Morgan fingerprint density at radius 3 is 2.18 bits per heavy atom. The minimum Gasteiger partial charge on any atom is -0.478 e. The molecule has 0 aromatic heterocycles. The lowest BCUT2D eigenvalue weighted by atomic mass is 9.91. The molecule has 22 heavy (non-hydrogen) atoms. The fourth-order valence-electron chi connectivity index (χ4n) is 2.57. The maximum absolute atomic E-state index is 11.6. The summed E-state index contributed by atoms with van der Waals surface area (Å²) in [5, 5.41) is 19.8. The van der Waals surface area contributed by atoms with Crippen LogP contribution in [0.3, 0.4) is 0 Å². The van der Waals surface area contributed by atoms with Crippen LogP contribution in [0.15, 0.2) is 49.6 Å². The normalized spacial score (nSPS) is 10.4. The van der Waals surface area contributed by atoms with E-state index < -0.39 is 11.9 Å². The number of aromatic carboxylic acids is 2. The molecule has 0 fully saturated rings. The van der Waals surface area contributed by atoms with Crippen molar-refractivity contribution < 1.29 is 19.8 Å². The van der Waals surface area contributed by atoms with Crippen LogP contribution >= 0.6 is 0 Å². The first kappa shape index (κ1) is 15.5. The molecular formula is C18H16O4. The van der Waals surface area contributed by atoms with Crippen LogP contribution in [0.2, 0.25) is 0 Å². The fraction of sp³-hybridized carbons (Fsp3) is 0.111. The van der Waals surface area contributed by atoms with E-state index in [1.807, 2.05) is 0 Å². The molecule has 2 rings (SSSR count). The third-order valence-electron chi connectivity index (χ3n) is 3.47. The SMILES string of the molecule is C=CCc1ccc2c(C(=O)O)c(CC=C)cc(C(=O)O)c2c1. The van der Waals surface area contributed by atoms with Crippen LogP contribution in [0.1, 0.15) is 31.8 Å². The van der Waals surface area contributed by atoms with Crippen molar-refractivity contribution in [1.29, 1.82) is 0 Å². The van der Waals surface area contributed by atoms with Crippen molar-refractivity contribution >= 4 is 22.7 Å². The first-order valence-corrected chi connectivity index (χ1v) is 6.76. The summed E-state index contributed by atoms with van der Waals surface area (Å²) in [4.78, 5) is 23.1. The summed E-state index contributed by atoms with van der Waals surface area (Å²) in [5.74, 6) is -2.15. The quantitative estimate of drug-likeness (QED) is 0.797. The van der Waals surface area contributed by atoms with Crippen molar-refractivity contribution in [3.8, 4) is 0 Å². The number of hydrogen-bond acceptors (Lipinski definition) is 2. The monoisotopic (exact) mass is 296 g/mol. The number of allylic oxidation sites excluding steroid dienone is 2. The highest BCUT2D eigenvalue weighted by atomic mass is 16.4. The molecule has 0 aliphatic rings. The highest BCUT2D eigenvalue weighted by Crippen LogP contribution is 2.29. The van der Waals surface area contributed by atoms with Crippen LogP contribution in [0.5, 0.6) is 0 Å². The van der Waals surface area contributed by atoms with E-state index in [0.29, 0.717) is 29.2 Å². The molecule has 0 amide bonds. The molecule has 0 unspecified atom stereocenters. The average Bonchev–Trinajstić information content (AvgIpc) is 2.46. The molecule has 0 aliphatic carbocycles. The van der Waals surface area contributed by atoms with Gasteiger partial charge >= 0.3 is 11.9 Å². The van der Waals surface area contributed by atoms with Gasteiger partial charge in [-0.2, -0.15) is 0 Å². The number of rotatable bonds is 6. The first-order chi connectivity index (χ1) is 10.5. The van der Waals surface area contributed by atoms with E-state index in [1.54, 1.807) is 30.4 Å². The van der Waals surface area contributed by atoms with Crippen LogP contribution in [0.25, 0.3) is 10.8 Å². The lowest BCUT2D eigenvalue weighted by Gasteiger charge is -2.12. The summed E-state index contributed by atoms with van der Waals surface area (Å²) >= 11 is 0. The zero-order valence-electron chi connectivity index (χ0n) is 12.0. The van der Waals surface area contributed by atoms with Crippen molar-refractivity contribution in [3.63, 3.8) is 0 Å². The highest BCUT2D eigenvalue weighted by molar-refractivity contribution is 6.12. The van der Waals surface area contributed by atoms with Crippen molar-refractivity contribution in [2.75, 3.05) is 0 Å². The second kappa shape index (κ2) is 6.26. The van der Waals surface area contributed by atoms with Gasteiger partial charge in [0.2, 0.25) is 0 Å². The van der Waals surface area contributed by atoms with Gasteiger partial charge in [0.05, 0.1) is 11.1 Å². The summed E-state index contributed by atoms with van der Waals surface area (Å²) in [6.07, 6.45) is 4.16. The Balaban J connectivity index is 2.90. The molecule has 0 spiro atoms. The minimum atomic E-state index is -1.08. The Bertz CT molecular complexity index is 787. The Morgan fingerprint density at radius 1 is 0.955 bits per heavy atom. The maximum Gasteiger partial charge on any atom is 0.336 e. The van der Waals surface area contributed by atoms with Gasteiger partial charge in [-0.1, -0.05) is 24.3 Å². The lowest BCUT2D eigenvalue weighted by Crippen LogP contribution is -2.08. The number of benzene rings is 2. The standard InChI is InChI=1S/C18H16O4/c1-3-5-11-7-8-13-14(9-11)15(17(19)20)10-12(6-4-2)16(13)18(21)22/h3-4,7-10H,1-2,5-6H2,(H,19,20)(H,21,22). The molecule has 0 atom stereocenters. The van der Waals surface area contributed by atoms with Crippen LogP contribution in [0, 0.1) is 0 Å². The summed E-state index contributed by atoms with van der Waals surface area (Å²) in [5.41, 5.74) is 1.56. The third kappa shape index (κ3) is 2.76. The van der Waals surface area contributed by atoms with Crippen molar-refractivity contribution in [2.45, 2.75) is 12.8 Å². The Morgan fingerprint density at radius 2 is 1.64 bits per heavy atom. The van der Waals surface area contributed by atoms with Gasteiger partial charge in [0, 0.05) is 0 Å². The van der Waals surface area contributed by atoms with E-state index in [0.717, 1.165) is 5.56 Å². The van der Waals surface area contributed by atoms with Crippen LogP contribution in [0.4, 0.5) is 0 Å². The fourth-order valence-corrected chi connectivity index (χ4v) is 2.57. The predicted octanol–water partition coefficient (Wildman–Crippen LogP) is 3.69. The van der Waals surface area contributed by atoms with Crippen molar-refractivity contribution in [1.82, 2.24) is 0 Å². The van der Waals surface area contributed by atoms with E-state index in [2.05, 4.69) is 13.2 Å². The molecule has 0 aliphatic heterocycles. The second-order valence-electron chi connectivity index (χ2n) is 4.93. The zero-order valence-corrected chi connectivity index (χ0v) is 12.0. The summed E-state index contributed by atoms with van der Waals surface area (Å²) < 4.78 is 0. The molecule has 0 radical (unpaired) electrons. The second-order valence-corrected chi connectivity index (χ2v) is 4.93. The predicted molar refractivity (Wildman–Crippen MR) is 85.7 cm³/mol. The largest absolute Gasteiger partial charge is 0.478 e. The lowest BCUT2D eigenvalue weighted by molar-refractivity contribution is 0.0683. The third-order valence-corrected chi connectivity index (χ3v) is 3.47. The summed E-state index contributed by atoms with van der Waals surface area (Å²) in [6, 6.07) is 6.59. The van der Waals surface area contributed by atoms with Crippen molar-refractivity contribution in [2.24, 2.45) is 0 Å². The zero-order chi connectivity index (χ0) is 16.3. The average molecular weight is 296 g/mol. The molecule has 0 bridgehead atoms. The van der Waals surface area contributed by atoms with Crippen LogP contribution < -0.4 is 0 Å². The topological polar surface area (TPSA) is 74.6 Å². The van der Waals surface area contributed by atoms with Gasteiger partial charge in [-0.25, -0.2) is 9.59 Å². The molecule has 2 aromatic carbocycles. The molecule has 2 N–H and O–H groups in total. The van der Waals surface area contributed by atoms with Gasteiger partial charge in [0.25, 0.3) is 0 Å². The van der Waals surface area contributed by atoms with Gasteiger partial charge in [-0.3, -0.25) is 0 Å². The van der Waals surface area contributed by atoms with E-state index in [-0.39, 0.29) is 11.1 Å². The summed E-state index contributed by atoms with van der Waals surface area (Å²) in [6.45, 7) is 7.25. The van der Waals surface area contributed by atoms with Crippen molar-refractivity contribution in [3.05, 3.63) is 71.8 Å². The molecule has 0 heterocycles. The molecule has 112 valence electrons. The van der Waals surface area contributed by atoms with Gasteiger partial charge in [0.1, 0.15) is 0 Å². The van der Waals surface area contributed by atoms with Gasteiger partial charge < -0.3 is 10.2 Å². The van der Waals surface area contributed by atoms with Gasteiger partial charge in [-0.15, -0.1) is 13.2 Å². The first-order valence-electron chi connectivity index (χ1n) is 6.76. The molecule has 2 aromatic rings. The number of carbonyl (C=O) groups is 2. The molecule has 4 nitrogen and oxygen atoms in total. The van der Waals surface area contributed by atoms with Crippen LogP contribution in [-0.2, 0) is 12.8 Å². The van der Waals surface area contributed by atoms with Gasteiger partial charge in [0.15, 0.2) is 0 Å². The van der Waals surface area contributed by atoms with E-state index >= 15 is 0 Å². The highest BCUT2D eigenvalue weighted by Gasteiger charge is 2.19. The number of carboxylic acid groups (broad SMARTS) is 2. The molecule has 0 saturated heterocycles. The molecule has 4 heteroatoms. The Kier molecular flexibility index (Phi) is 4.41.